The maximum absolute atomic E-state index is 12.2. The predicted molar refractivity (Wildman–Crippen MR) is 77.4 cm³/mol. The van der Waals surface area contributed by atoms with Gasteiger partial charge < -0.3 is 5.32 Å². The normalized spacial score (nSPS) is 16.3. The summed E-state index contributed by atoms with van der Waals surface area (Å²) >= 11 is 0. The van der Waals surface area contributed by atoms with E-state index in [0.29, 0.717) is 5.56 Å². The Morgan fingerprint density at radius 2 is 1.76 bits per heavy atom. The van der Waals surface area contributed by atoms with Gasteiger partial charge in [-0.05, 0) is 38.8 Å². The van der Waals surface area contributed by atoms with Crippen molar-refractivity contribution in [3.05, 3.63) is 29.8 Å². The van der Waals surface area contributed by atoms with Crippen LogP contribution in [0.15, 0.2) is 29.2 Å². The quantitative estimate of drug-likeness (QED) is 0.761. The molecule has 1 aromatic rings. The molecule has 0 heterocycles. The fourth-order valence-corrected chi connectivity index (χ4v) is 2.98. The summed E-state index contributed by atoms with van der Waals surface area (Å²) in [4.78, 5) is 23.0. The highest BCUT2D eigenvalue weighted by Gasteiger charge is 2.28. The van der Waals surface area contributed by atoms with Crippen molar-refractivity contribution in [2.45, 2.75) is 43.7 Å². The van der Waals surface area contributed by atoms with Gasteiger partial charge in [0, 0.05) is 11.6 Å². The van der Waals surface area contributed by atoms with Gasteiger partial charge >= 0.3 is 0 Å². The SMILES string of the molecule is CC(=O)c1ccc(S(=O)(=O)NC(C)C(=O)NC2CC2)cc1. The minimum absolute atomic E-state index is 0.0265. The molecule has 1 aromatic carbocycles. The van der Waals surface area contributed by atoms with E-state index in [2.05, 4.69) is 10.0 Å². The standard InChI is InChI=1S/C14H18N2O4S/c1-9(14(18)15-12-5-6-12)16-21(19,20)13-7-3-11(4-8-13)10(2)17/h3-4,7-9,12,16H,5-6H2,1-2H3,(H,15,18). The molecule has 1 amide bonds. The molecular formula is C14H18N2O4S. The summed E-state index contributed by atoms with van der Waals surface area (Å²) < 4.78 is 26.6. The Morgan fingerprint density at radius 1 is 1.19 bits per heavy atom. The van der Waals surface area contributed by atoms with Gasteiger partial charge in [0.1, 0.15) is 0 Å². The average molecular weight is 310 g/mol. The second kappa shape index (κ2) is 5.95. The number of carbonyl (C=O) groups excluding carboxylic acids is 2. The number of ketones is 1. The number of sulfonamides is 1. The van der Waals surface area contributed by atoms with Crippen molar-refractivity contribution in [3.63, 3.8) is 0 Å². The van der Waals surface area contributed by atoms with Crippen molar-refractivity contribution in [2.75, 3.05) is 0 Å². The van der Waals surface area contributed by atoms with Crippen LogP contribution in [-0.2, 0) is 14.8 Å². The van der Waals surface area contributed by atoms with Crippen LogP contribution in [0.1, 0.15) is 37.0 Å². The Labute approximate surface area is 124 Å². The van der Waals surface area contributed by atoms with E-state index in [4.69, 9.17) is 0 Å². The summed E-state index contributed by atoms with van der Waals surface area (Å²) in [5.41, 5.74) is 0.438. The van der Waals surface area contributed by atoms with E-state index in [9.17, 15) is 18.0 Å². The molecule has 0 aliphatic heterocycles. The van der Waals surface area contributed by atoms with Gasteiger partial charge in [0.25, 0.3) is 0 Å². The number of amides is 1. The van der Waals surface area contributed by atoms with Gasteiger partial charge in [0.2, 0.25) is 15.9 Å². The van der Waals surface area contributed by atoms with E-state index in [0.717, 1.165) is 12.8 Å². The molecule has 0 saturated heterocycles. The van der Waals surface area contributed by atoms with Gasteiger partial charge in [0.05, 0.1) is 10.9 Å². The molecule has 1 unspecified atom stereocenters. The van der Waals surface area contributed by atoms with Gasteiger partial charge in [-0.15, -0.1) is 0 Å². The number of hydrogen-bond acceptors (Lipinski definition) is 4. The van der Waals surface area contributed by atoms with Crippen LogP contribution in [0.5, 0.6) is 0 Å². The predicted octanol–water partition coefficient (Wildman–Crippen LogP) is 0.835. The van der Waals surface area contributed by atoms with Crippen LogP contribution in [0, 0.1) is 0 Å². The Morgan fingerprint density at radius 3 is 2.24 bits per heavy atom. The molecule has 21 heavy (non-hydrogen) atoms. The highest BCUT2D eigenvalue weighted by molar-refractivity contribution is 7.89. The number of rotatable bonds is 6. The van der Waals surface area contributed by atoms with Crippen molar-refractivity contribution >= 4 is 21.7 Å². The summed E-state index contributed by atoms with van der Waals surface area (Å²) in [6.07, 6.45) is 1.88. The molecule has 1 saturated carbocycles. The molecule has 7 heteroatoms. The molecule has 1 aliphatic carbocycles. The van der Waals surface area contributed by atoms with Gasteiger partial charge in [-0.3, -0.25) is 9.59 Å². The maximum Gasteiger partial charge on any atom is 0.241 e. The van der Waals surface area contributed by atoms with Gasteiger partial charge in [-0.1, -0.05) is 12.1 Å². The Hall–Kier alpha value is -1.73. The van der Waals surface area contributed by atoms with Crippen molar-refractivity contribution in [1.29, 1.82) is 0 Å². The molecule has 1 atom stereocenters. The fourth-order valence-electron chi connectivity index (χ4n) is 1.78. The third-order valence-corrected chi connectivity index (χ3v) is 4.78. The van der Waals surface area contributed by atoms with Crippen molar-refractivity contribution in [1.82, 2.24) is 10.0 Å². The lowest BCUT2D eigenvalue weighted by atomic mass is 10.2. The molecule has 6 nitrogen and oxygen atoms in total. The van der Waals surface area contributed by atoms with Gasteiger partial charge in [-0.2, -0.15) is 4.72 Å². The number of Topliss-reactive ketones (excluding diaryl/α,β-unsaturated/α-hetero) is 1. The zero-order chi connectivity index (χ0) is 15.6. The summed E-state index contributed by atoms with van der Waals surface area (Å²) in [5, 5.41) is 2.74. The van der Waals surface area contributed by atoms with E-state index < -0.39 is 16.1 Å². The molecule has 1 fully saturated rings. The number of hydrogen-bond donors (Lipinski definition) is 2. The topological polar surface area (TPSA) is 92.3 Å². The monoisotopic (exact) mass is 310 g/mol. The first-order valence-corrected chi connectivity index (χ1v) is 8.21. The Balaban J connectivity index is 2.06. The molecular weight excluding hydrogens is 292 g/mol. The van der Waals surface area contributed by atoms with Gasteiger partial charge in [0.15, 0.2) is 5.78 Å². The van der Waals surface area contributed by atoms with E-state index in [-0.39, 0.29) is 22.6 Å². The lowest BCUT2D eigenvalue weighted by molar-refractivity contribution is -0.122. The number of benzene rings is 1. The molecule has 114 valence electrons. The molecule has 0 aromatic heterocycles. The average Bonchev–Trinajstić information content (AvgIpc) is 3.22. The molecule has 0 spiro atoms. The van der Waals surface area contributed by atoms with Crippen LogP contribution < -0.4 is 10.0 Å². The molecule has 0 radical (unpaired) electrons. The fraction of sp³-hybridized carbons (Fsp3) is 0.429. The summed E-state index contributed by atoms with van der Waals surface area (Å²) in [6, 6.07) is 4.94. The third-order valence-electron chi connectivity index (χ3n) is 3.22. The van der Waals surface area contributed by atoms with E-state index in [1.807, 2.05) is 0 Å². The first-order valence-electron chi connectivity index (χ1n) is 6.73. The lowest BCUT2D eigenvalue weighted by Crippen LogP contribution is -2.45. The van der Waals surface area contributed by atoms with Crippen LogP contribution in [0.4, 0.5) is 0 Å². The van der Waals surface area contributed by atoms with Crippen LogP contribution in [-0.4, -0.2) is 32.2 Å². The maximum atomic E-state index is 12.2. The Bertz CT molecular complexity index is 648. The van der Waals surface area contributed by atoms with Crippen LogP contribution in [0.3, 0.4) is 0 Å². The first kappa shape index (κ1) is 15.7. The first-order chi connectivity index (χ1) is 9.79. The van der Waals surface area contributed by atoms with E-state index >= 15 is 0 Å². The van der Waals surface area contributed by atoms with Crippen LogP contribution in [0.25, 0.3) is 0 Å². The van der Waals surface area contributed by atoms with Crippen LogP contribution >= 0.6 is 0 Å². The highest BCUT2D eigenvalue weighted by Crippen LogP contribution is 2.18. The largest absolute Gasteiger partial charge is 0.352 e. The summed E-state index contributed by atoms with van der Waals surface area (Å²) in [7, 11) is -3.78. The minimum atomic E-state index is -3.78. The van der Waals surface area contributed by atoms with E-state index in [1.165, 1.54) is 38.1 Å². The van der Waals surface area contributed by atoms with Crippen molar-refractivity contribution in [3.8, 4) is 0 Å². The minimum Gasteiger partial charge on any atom is -0.352 e. The second-order valence-electron chi connectivity index (χ2n) is 5.21. The van der Waals surface area contributed by atoms with Crippen molar-refractivity contribution in [2.24, 2.45) is 0 Å². The lowest BCUT2D eigenvalue weighted by Gasteiger charge is -2.14. The molecule has 1 aliphatic rings. The molecule has 2 rings (SSSR count). The third kappa shape index (κ3) is 4.12. The van der Waals surface area contributed by atoms with Crippen molar-refractivity contribution < 1.29 is 18.0 Å². The zero-order valence-corrected chi connectivity index (χ0v) is 12.7. The molecule has 2 N–H and O–H groups in total. The zero-order valence-electron chi connectivity index (χ0n) is 11.9. The Kier molecular flexibility index (Phi) is 4.43. The number of carbonyl (C=O) groups is 2. The second-order valence-corrected chi connectivity index (χ2v) is 6.92. The van der Waals surface area contributed by atoms with E-state index in [1.54, 1.807) is 0 Å². The summed E-state index contributed by atoms with van der Waals surface area (Å²) in [5.74, 6) is -0.467. The molecule has 0 bridgehead atoms. The highest BCUT2D eigenvalue weighted by atomic mass is 32.2. The van der Waals surface area contributed by atoms with Gasteiger partial charge in [-0.25, -0.2) is 8.42 Å². The smallest absolute Gasteiger partial charge is 0.241 e. The van der Waals surface area contributed by atoms with Crippen LogP contribution in [0.2, 0.25) is 0 Å². The number of nitrogens with one attached hydrogen (secondary N) is 2. The summed E-state index contributed by atoms with van der Waals surface area (Å²) in [6.45, 7) is 2.91.